The van der Waals surface area contributed by atoms with Gasteiger partial charge in [0.15, 0.2) is 0 Å². The van der Waals surface area contributed by atoms with E-state index in [4.69, 9.17) is 9.47 Å². The number of carbonyl (C=O) groups is 1. The second kappa shape index (κ2) is 9.38. The van der Waals surface area contributed by atoms with Crippen LogP contribution in [0.2, 0.25) is 0 Å². The third-order valence-corrected chi connectivity index (χ3v) is 5.78. The van der Waals surface area contributed by atoms with Gasteiger partial charge in [-0.05, 0) is 42.0 Å². The average Bonchev–Trinajstić information content (AvgIpc) is 2.67. The Hall–Kier alpha value is -2.58. The van der Waals surface area contributed by atoms with Crippen molar-refractivity contribution in [3.05, 3.63) is 54.1 Å². The molecule has 0 aliphatic rings. The lowest BCUT2D eigenvalue weighted by atomic mass is 10.2. The van der Waals surface area contributed by atoms with Crippen LogP contribution in [0.25, 0.3) is 0 Å². The summed E-state index contributed by atoms with van der Waals surface area (Å²) in [5.74, 6) is 1.23. The summed E-state index contributed by atoms with van der Waals surface area (Å²) in [5.41, 5.74) is 0.828. The van der Waals surface area contributed by atoms with E-state index in [-0.39, 0.29) is 24.0 Å². The molecule has 1 amide bonds. The lowest BCUT2D eigenvalue weighted by molar-refractivity contribution is -0.119. The SMILES string of the molecule is COc1ccc(OCCN(C)S(=O)(=O)c2ccc(CNC(C)=O)cc2)cc1. The van der Waals surface area contributed by atoms with Crippen molar-refractivity contribution in [3.63, 3.8) is 0 Å². The molecule has 0 radical (unpaired) electrons. The van der Waals surface area contributed by atoms with Crippen molar-refractivity contribution in [2.75, 3.05) is 27.3 Å². The van der Waals surface area contributed by atoms with E-state index in [1.54, 1.807) is 43.5 Å². The van der Waals surface area contributed by atoms with Gasteiger partial charge in [0.1, 0.15) is 18.1 Å². The number of amides is 1. The van der Waals surface area contributed by atoms with Crippen LogP contribution in [0.3, 0.4) is 0 Å². The van der Waals surface area contributed by atoms with Crippen molar-refractivity contribution in [2.45, 2.75) is 18.4 Å². The lowest BCUT2D eigenvalue weighted by Gasteiger charge is -2.18. The molecule has 0 saturated carbocycles. The Labute approximate surface area is 160 Å². The second-order valence-electron chi connectivity index (χ2n) is 5.90. The molecule has 0 aliphatic carbocycles. The summed E-state index contributed by atoms with van der Waals surface area (Å²) in [7, 11) is -0.509. The summed E-state index contributed by atoms with van der Waals surface area (Å²) in [6.45, 7) is 2.23. The number of hydrogen-bond acceptors (Lipinski definition) is 5. The quantitative estimate of drug-likeness (QED) is 0.706. The Morgan fingerprint density at radius 2 is 1.63 bits per heavy atom. The van der Waals surface area contributed by atoms with Crippen LogP contribution in [-0.4, -0.2) is 45.9 Å². The molecule has 8 heteroatoms. The maximum absolute atomic E-state index is 12.6. The van der Waals surface area contributed by atoms with Crippen molar-refractivity contribution in [1.82, 2.24) is 9.62 Å². The molecule has 0 fully saturated rings. The molecule has 7 nitrogen and oxygen atoms in total. The molecule has 0 saturated heterocycles. The minimum atomic E-state index is -3.61. The largest absolute Gasteiger partial charge is 0.497 e. The summed E-state index contributed by atoms with van der Waals surface area (Å²) in [4.78, 5) is 11.1. The van der Waals surface area contributed by atoms with Gasteiger partial charge in [0.05, 0.1) is 12.0 Å². The number of rotatable bonds is 9. The third-order valence-electron chi connectivity index (χ3n) is 3.91. The van der Waals surface area contributed by atoms with Crippen molar-refractivity contribution < 1.29 is 22.7 Å². The Balaban J connectivity index is 1.91. The normalized spacial score (nSPS) is 11.3. The average molecular weight is 392 g/mol. The molecule has 0 atom stereocenters. The van der Waals surface area contributed by atoms with Gasteiger partial charge in [-0.1, -0.05) is 12.1 Å². The van der Waals surface area contributed by atoms with Crippen molar-refractivity contribution >= 4 is 15.9 Å². The van der Waals surface area contributed by atoms with Crippen molar-refractivity contribution in [3.8, 4) is 11.5 Å². The number of nitrogens with one attached hydrogen (secondary N) is 1. The molecule has 0 spiro atoms. The van der Waals surface area contributed by atoms with E-state index in [1.165, 1.54) is 30.4 Å². The Bertz CT molecular complexity index is 849. The van der Waals surface area contributed by atoms with Gasteiger partial charge in [-0.25, -0.2) is 8.42 Å². The number of methoxy groups -OCH3 is 1. The molecule has 146 valence electrons. The zero-order chi connectivity index (χ0) is 19.9. The highest BCUT2D eigenvalue weighted by molar-refractivity contribution is 7.89. The van der Waals surface area contributed by atoms with Crippen LogP contribution in [0.1, 0.15) is 12.5 Å². The van der Waals surface area contributed by atoms with Gasteiger partial charge < -0.3 is 14.8 Å². The summed E-state index contributed by atoms with van der Waals surface area (Å²) >= 11 is 0. The Morgan fingerprint density at radius 3 is 2.19 bits per heavy atom. The van der Waals surface area contributed by atoms with Crippen molar-refractivity contribution in [1.29, 1.82) is 0 Å². The first-order valence-corrected chi connectivity index (χ1v) is 9.83. The van der Waals surface area contributed by atoms with E-state index < -0.39 is 10.0 Å². The summed E-state index contributed by atoms with van der Waals surface area (Å²) < 4.78 is 37.1. The number of sulfonamides is 1. The molecule has 0 bridgehead atoms. The van der Waals surface area contributed by atoms with Crippen LogP contribution in [0.5, 0.6) is 11.5 Å². The Morgan fingerprint density at radius 1 is 1.04 bits per heavy atom. The second-order valence-corrected chi connectivity index (χ2v) is 7.95. The highest BCUT2D eigenvalue weighted by atomic mass is 32.2. The zero-order valence-corrected chi connectivity index (χ0v) is 16.5. The summed E-state index contributed by atoms with van der Waals surface area (Å²) in [6.07, 6.45) is 0. The maximum atomic E-state index is 12.6. The van der Waals surface area contributed by atoms with Gasteiger partial charge >= 0.3 is 0 Å². The predicted molar refractivity (Wildman–Crippen MR) is 102 cm³/mol. The molecular formula is C19H24N2O5S. The molecule has 0 aromatic heterocycles. The molecule has 27 heavy (non-hydrogen) atoms. The fraction of sp³-hybridized carbons (Fsp3) is 0.316. The van der Waals surface area contributed by atoms with Gasteiger partial charge in [-0.15, -0.1) is 0 Å². The van der Waals surface area contributed by atoms with Crippen LogP contribution < -0.4 is 14.8 Å². The molecule has 0 unspecified atom stereocenters. The fourth-order valence-electron chi connectivity index (χ4n) is 2.27. The van der Waals surface area contributed by atoms with E-state index in [2.05, 4.69) is 5.32 Å². The van der Waals surface area contributed by atoms with Crippen LogP contribution >= 0.6 is 0 Å². The topological polar surface area (TPSA) is 84.9 Å². The molecule has 2 aromatic carbocycles. The van der Waals surface area contributed by atoms with E-state index in [1.807, 2.05) is 0 Å². The number of benzene rings is 2. The molecule has 0 aliphatic heterocycles. The molecule has 0 heterocycles. The van der Waals surface area contributed by atoms with Crippen molar-refractivity contribution in [2.24, 2.45) is 0 Å². The minimum absolute atomic E-state index is 0.136. The highest BCUT2D eigenvalue weighted by Crippen LogP contribution is 2.18. The van der Waals surface area contributed by atoms with Gasteiger partial charge in [0.25, 0.3) is 0 Å². The van der Waals surface area contributed by atoms with Gasteiger partial charge in [-0.3, -0.25) is 4.79 Å². The number of carbonyl (C=O) groups excluding carboxylic acids is 1. The predicted octanol–water partition coefficient (Wildman–Crippen LogP) is 2.03. The monoisotopic (exact) mass is 392 g/mol. The first-order valence-electron chi connectivity index (χ1n) is 8.39. The first kappa shape index (κ1) is 20.7. The minimum Gasteiger partial charge on any atom is -0.497 e. The van der Waals surface area contributed by atoms with Crippen LogP contribution in [0.4, 0.5) is 0 Å². The lowest BCUT2D eigenvalue weighted by Crippen LogP contribution is -2.31. The maximum Gasteiger partial charge on any atom is 0.242 e. The van der Waals surface area contributed by atoms with Crippen LogP contribution in [-0.2, 0) is 21.4 Å². The molecule has 2 rings (SSSR count). The summed E-state index contributed by atoms with van der Waals surface area (Å²) in [6, 6.07) is 13.5. The summed E-state index contributed by atoms with van der Waals surface area (Å²) in [5, 5.41) is 2.67. The highest BCUT2D eigenvalue weighted by Gasteiger charge is 2.20. The molecular weight excluding hydrogens is 368 g/mol. The number of hydrogen-bond donors (Lipinski definition) is 1. The first-order chi connectivity index (χ1) is 12.8. The van der Waals surface area contributed by atoms with Crippen LogP contribution in [0, 0.1) is 0 Å². The van der Waals surface area contributed by atoms with Gasteiger partial charge in [0.2, 0.25) is 15.9 Å². The molecule has 2 aromatic rings. The van der Waals surface area contributed by atoms with Gasteiger partial charge in [0, 0.05) is 27.1 Å². The number of ether oxygens (including phenoxy) is 2. The van der Waals surface area contributed by atoms with E-state index >= 15 is 0 Å². The Kier molecular flexibility index (Phi) is 7.20. The number of likely N-dealkylation sites (N-methyl/N-ethyl adjacent to an activating group) is 1. The standard InChI is InChI=1S/C19H24N2O5S/c1-15(22)20-14-16-4-10-19(11-5-16)27(23,24)21(2)12-13-26-18-8-6-17(25-3)7-9-18/h4-11H,12-14H2,1-3H3,(H,20,22). The zero-order valence-electron chi connectivity index (χ0n) is 15.6. The number of nitrogens with zero attached hydrogens (tertiary/aromatic N) is 1. The van der Waals surface area contributed by atoms with E-state index in [9.17, 15) is 13.2 Å². The third kappa shape index (κ3) is 5.97. The van der Waals surface area contributed by atoms with E-state index in [0.29, 0.717) is 12.3 Å². The molecule has 1 N–H and O–H groups in total. The fourth-order valence-corrected chi connectivity index (χ4v) is 3.42. The van der Waals surface area contributed by atoms with E-state index in [0.717, 1.165) is 11.3 Å². The van der Waals surface area contributed by atoms with Gasteiger partial charge in [-0.2, -0.15) is 4.31 Å². The van der Waals surface area contributed by atoms with Crippen LogP contribution in [0.15, 0.2) is 53.4 Å². The smallest absolute Gasteiger partial charge is 0.242 e.